The smallest absolute Gasteiger partial charge is 0.237 e. The predicted octanol–water partition coefficient (Wildman–Crippen LogP) is -2.76. The van der Waals surface area contributed by atoms with Crippen molar-refractivity contribution in [2.24, 2.45) is 11.5 Å². The Morgan fingerprint density at radius 2 is 1.94 bits per heavy atom. The van der Waals surface area contributed by atoms with Gasteiger partial charge in [-0.2, -0.15) is 0 Å². The summed E-state index contributed by atoms with van der Waals surface area (Å²) in [5.74, 6) is -1.53. The van der Waals surface area contributed by atoms with Gasteiger partial charge in [0, 0.05) is 13.1 Å². The molecular weight excluding hydrogens is 248 g/mol. The zero-order chi connectivity index (χ0) is 13.5. The molecule has 8 nitrogen and oxygen atoms in total. The van der Waals surface area contributed by atoms with Gasteiger partial charge in [-0.1, -0.05) is 6.92 Å². The van der Waals surface area contributed by atoms with Gasteiger partial charge < -0.3 is 16.8 Å². The lowest BCUT2D eigenvalue weighted by molar-refractivity contribution is -0.126. The maximum atomic E-state index is 11.3. The second-order valence-corrected chi connectivity index (χ2v) is 5.31. The zero-order valence-corrected chi connectivity index (χ0v) is 10.4. The van der Waals surface area contributed by atoms with E-state index < -0.39 is 27.9 Å². The molecule has 0 aliphatic heterocycles. The second kappa shape index (κ2) is 7.20. The lowest BCUT2D eigenvalue weighted by Crippen LogP contribution is -2.45. The molecule has 1 atom stereocenters. The Morgan fingerprint density at radius 3 is 2.41 bits per heavy atom. The highest BCUT2D eigenvalue weighted by atomic mass is 32.2. The van der Waals surface area contributed by atoms with Crippen LogP contribution < -0.4 is 21.5 Å². The summed E-state index contributed by atoms with van der Waals surface area (Å²) in [6, 6.07) is -1.05. The molecule has 0 spiro atoms. The molecule has 0 heterocycles. The number of primary amides is 1. The van der Waals surface area contributed by atoms with Crippen molar-refractivity contribution in [2.75, 3.05) is 18.8 Å². The van der Waals surface area contributed by atoms with E-state index in [-0.39, 0.29) is 25.3 Å². The van der Waals surface area contributed by atoms with Crippen LogP contribution in [0.3, 0.4) is 0 Å². The molecule has 0 aliphatic rings. The van der Waals surface area contributed by atoms with Crippen molar-refractivity contribution in [1.29, 1.82) is 0 Å². The van der Waals surface area contributed by atoms with Crippen molar-refractivity contribution in [3.05, 3.63) is 0 Å². The number of nitrogens with one attached hydrogen (secondary N) is 2. The molecule has 0 radical (unpaired) electrons. The van der Waals surface area contributed by atoms with Gasteiger partial charge in [-0.25, -0.2) is 13.1 Å². The number of hydrogen-bond acceptors (Lipinski definition) is 5. The largest absolute Gasteiger partial charge is 0.370 e. The highest BCUT2D eigenvalue weighted by molar-refractivity contribution is 7.89. The predicted molar refractivity (Wildman–Crippen MR) is 62.3 cm³/mol. The first-order valence-electron chi connectivity index (χ1n) is 5.07. The van der Waals surface area contributed by atoms with Crippen LogP contribution in [0, 0.1) is 0 Å². The monoisotopic (exact) mass is 266 g/mol. The Balaban J connectivity index is 3.97. The fourth-order valence-corrected chi connectivity index (χ4v) is 2.00. The molecule has 0 saturated heterocycles. The third-order valence-corrected chi connectivity index (χ3v) is 3.26. The Bertz CT molecular complexity index is 368. The van der Waals surface area contributed by atoms with Crippen LogP contribution in [0.1, 0.15) is 13.3 Å². The standard InChI is InChI=1S/C8H18N4O4S/c1-2-12-17(15,16)4-3-11-8(14)6(9)5-7(10)13/h6,12H,2-5,9H2,1H3,(H2,10,13)(H,11,14). The maximum Gasteiger partial charge on any atom is 0.237 e. The molecule has 0 fully saturated rings. The summed E-state index contributed by atoms with van der Waals surface area (Å²) in [5, 5.41) is 2.31. The van der Waals surface area contributed by atoms with E-state index in [2.05, 4.69) is 10.0 Å². The minimum atomic E-state index is -3.37. The summed E-state index contributed by atoms with van der Waals surface area (Å²) in [6.07, 6.45) is -0.272. The maximum absolute atomic E-state index is 11.3. The van der Waals surface area contributed by atoms with Crippen LogP contribution in [-0.4, -0.2) is 45.1 Å². The summed E-state index contributed by atoms with van der Waals surface area (Å²) in [5.41, 5.74) is 10.2. The molecule has 0 aliphatic carbocycles. The van der Waals surface area contributed by atoms with Crippen molar-refractivity contribution in [1.82, 2.24) is 10.0 Å². The van der Waals surface area contributed by atoms with Crippen LogP contribution in [0.4, 0.5) is 0 Å². The van der Waals surface area contributed by atoms with Crippen molar-refractivity contribution in [3.8, 4) is 0 Å². The Hall–Kier alpha value is -1.19. The molecule has 6 N–H and O–H groups in total. The van der Waals surface area contributed by atoms with Gasteiger partial charge in [0.15, 0.2) is 0 Å². The van der Waals surface area contributed by atoms with Crippen LogP contribution in [0.15, 0.2) is 0 Å². The third kappa shape index (κ3) is 7.66. The molecule has 0 bridgehead atoms. The van der Waals surface area contributed by atoms with Crippen LogP contribution in [0.2, 0.25) is 0 Å². The van der Waals surface area contributed by atoms with Crippen molar-refractivity contribution < 1.29 is 18.0 Å². The van der Waals surface area contributed by atoms with E-state index in [1.807, 2.05) is 0 Å². The normalized spacial score (nSPS) is 13.1. The minimum Gasteiger partial charge on any atom is -0.370 e. The molecule has 0 aromatic carbocycles. The molecule has 0 saturated carbocycles. The molecular formula is C8H18N4O4S. The topological polar surface area (TPSA) is 144 Å². The van der Waals surface area contributed by atoms with Gasteiger partial charge in [0.2, 0.25) is 21.8 Å². The molecule has 0 rings (SSSR count). The molecule has 9 heteroatoms. The van der Waals surface area contributed by atoms with Gasteiger partial charge in [-0.15, -0.1) is 0 Å². The summed E-state index contributed by atoms with van der Waals surface area (Å²) in [4.78, 5) is 21.8. The first-order valence-corrected chi connectivity index (χ1v) is 6.72. The van der Waals surface area contributed by atoms with Gasteiger partial charge in [0.25, 0.3) is 0 Å². The van der Waals surface area contributed by atoms with E-state index in [9.17, 15) is 18.0 Å². The summed E-state index contributed by atoms with van der Waals surface area (Å²) in [6.45, 7) is 1.87. The van der Waals surface area contributed by atoms with E-state index in [0.717, 1.165) is 0 Å². The molecule has 17 heavy (non-hydrogen) atoms. The molecule has 0 aromatic heterocycles. The van der Waals surface area contributed by atoms with Gasteiger partial charge >= 0.3 is 0 Å². The first-order chi connectivity index (χ1) is 7.78. The number of carbonyl (C=O) groups is 2. The highest BCUT2D eigenvalue weighted by Gasteiger charge is 2.16. The quantitative estimate of drug-likeness (QED) is 0.376. The fourth-order valence-electron chi connectivity index (χ4n) is 1.04. The van der Waals surface area contributed by atoms with Crippen LogP contribution >= 0.6 is 0 Å². The number of carbonyl (C=O) groups excluding carboxylic acids is 2. The average Bonchev–Trinajstić information content (AvgIpc) is 2.15. The molecule has 0 aromatic rings. The van der Waals surface area contributed by atoms with Gasteiger partial charge in [-0.05, 0) is 0 Å². The number of hydrogen-bond donors (Lipinski definition) is 4. The summed E-state index contributed by atoms with van der Waals surface area (Å²) in [7, 11) is -3.37. The van der Waals surface area contributed by atoms with E-state index in [1.165, 1.54) is 0 Å². The van der Waals surface area contributed by atoms with E-state index in [0.29, 0.717) is 0 Å². The van der Waals surface area contributed by atoms with Crippen LogP contribution in [0.5, 0.6) is 0 Å². The average molecular weight is 266 g/mol. The lowest BCUT2D eigenvalue weighted by atomic mass is 10.2. The number of sulfonamides is 1. The number of amides is 2. The molecule has 100 valence electrons. The number of nitrogens with two attached hydrogens (primary N) is 2. The van der Waals surface area contributed by atoms with Crippen molar-refractivity contribution in [2.45, 2.75) is 19.4 Å². The van der Waals surface area contributed by atoms with E-state index in [1.54, 1.807) is 6.92 Å². The third-order valence-electron chi connectivity index (χ3n) is 1.79. The first kappa shape index (κ1) is 15.8. The van der Waals surface area contributed by atoms with E-state index in [4.69, 9.17) is 11.5 Å². The fraction of sp³-hybridized carbons (Fsp3) is 0.750. The van der Waals surface area contributed by atoms with Gasteiger partial charge in [-0.3, -0.25) is 9.59 Å². The van der Waals surface area contributed by atoms with Crippen LogP contribution in [-0.2, 0) is 19.6 Å². The number of rotatable bonds is 8. The Kier molecular flexibility index (Phi) is 6.69. The molecule has 1 unspecified atom stereocenters. The van der Waals surface area contributed by atoms with Crippen LogP contribution in [0.25, 0.3) is 0 Å². The SMILES string of the molecule is CCNS(=O)(=O)CCNC(=O)C(N)CC(N)=O. The molecule has 2 amide bonds. The van der Waals surface area contributed by atoms with Gasteiger partial charge in [0.05, 0.1) is 18.2 Å². The van der Waals surface area contributed by atoms with Crippen molar-refractivity contribution in [3.63, 3.8) is 0 Å². The highest BCUT2D eigenvalue weighted by Crippen LogP contribution is 1.87. The Morgan fingerprint density at radius 1 is 1.35 bits per heavy atom. The summed E-state index contributed by atoms with van der Waals surface area (Å²) < 4.78 is 24.7. The minimum absolute atomic E-state index is 0.0688. The Labute approximate surface area is 100 Å². The van der Waals surface area contributed by atoms with Gasteiger partial charge in [0.1, 0.15) is 0 Å². The second-order valence-electron chi connectivity index (χ2n) is 3.38. The van der Waals surface area contributed by atoms with Crippen molar-refractivity contribution >= 4 is 21.8 Å². The van der Waals surface area contributed by atoms with E-state index >= 15 is 0 Å². The summed E-state index contributed by atoms with van der Waals surface area (Å²) >= 11 is 0. The zero-order valence-electron chi connectivity index (χ0n) is 9.60. The lowest BCUT2D eigenvalue weighted by Gasteiger charge is -2.10.